The summed E-state index contributed by atoms with van der Waals surface area (Å²) in [4.78, 5) is 38.2. The number of carbonyl (C=O) groups is 3. The van der Waals surface area contributed by atoms with Crippen LogP contribution in [0.4, 0.5) is 0 Å². The molecule has 0 aliphatic rings. The molecule has 0 heterocycles. The molecule has 0 spiro atoms. The average Bonchev–Trinajstić information content (AvgIpc) is 3.47. The summed E-state index contributed by atoms with van der Waals surface area (Å²) < 4.78 is 16.9. The standard InChI is InChI=1S/C75H122O6/c1-4-7-10-13-16-19-21-23-25-27-29-30-31-32-33-34-35-36-37-38-39-40-41-42-43-44-46-47-49-51-53-56-59-62-65-68-74(77)80-71-72(70-79-73(76)67-64-61-58-55-18-15-12-9-6-3)81-75(78)69-66-63-60-57-54-52-50-48-45-28-26-24-22-20-17-14-11-8-5-2/h7-8,10-11,16-17,19-20,23-26,29-30,32-33,35-36,38-39,41-42,45,48,72H,4-6,9,12-15,18,21-22,27-28,31,34,37,40,43-44,46-47,49-71H2,1-3H3/b10-7-,11-8-,19-16-,20-17-,25-23-,26-24-,30-29-,33-32-,36-35-,39-38-,42-41-,48-45-. The molecule has 0 fully saturated rings. The number of carbonyl (C=O) groups excluding carboxylic acids is 3. The van der Waals surface area contributed by atoms with Gasteiger partial charge in [-0.05, 0) is 122 Å². The second kappa shape index (κ2) is 67.8. The van der Waals surface area contributed by atoms with Gasteiger partial charge < -0.3 is 14.2 Å². The Morgan fingerprint density at radius 2 is 0.481 bits per heavy atom. The molecule has 0 aromatic heterocycles. The first-order chi connectivity index (χ1) is 40.0. The Kier molecular flexibility index (Phi) is 63.9. The quantitative estimate of drug-likeness (QED) is 0.0261. The van der Waals surface area contributed by atoms with Crippen LogP contribution in [0.1, 0.15) is 290 Å². The van der Waals surface area contributed by atoms with Crippen molar-refractivity contribution in [3.8, 4) is 0 Å². The molecule has 0 aromatic rings. The van der Waals surface area contributed by atoms with E-state index in [1.54, 1.807) is 0 Å². The van der Waals surface area contributed by atoms with E-state index in [9.17, 15) is 14.4 Å². The summed E-state index contributed by atoms with van der Waals surface area (Å²) in [6.45, 7) is 6.38. The molecule has 6 heteroatoms. The molecule has 0 radical (unpaired) electrons. The molecule has 458 valence electrons. The summed E-state index contributed by atoms with van der Waals surface area (Å²) in [6, 6.07) is 0. The summed E-state index contributed by atoms with van der Waals surface area (Å²) in [5.41, 5.74) is 0. The lowest BCUT2D eigenvalue weighted by atomic mass is 10.1. The van der Waals surface area contributed by atoms with Crippen LogP contribution in [0, 0.1) is 0 Å². The molecular weight excluding hydrogens is 997 g/mol. The van der Waals surface area contributed by atoms with Crippen LogP contribution in [0.15, 0.2) is 146 Å². The predicted octanol–water partition coefficient (Wildman–Crippen LogP) is 23.1. The first-order valence-electron chi connectivity index (χ1n) is 33.3. The Morgan fingerprint density at radius 1 is 0.259 bits per heavy atom. The van der Waals surface area contributed by atoms with Gasteiger partial charge in [0.1, 0.15) is 13.2 Å². The van der Waals surface area contributed by atoms with Crippen LogP contribution in [0.5, 0.6) is 0 Å². The maximum atomic E-state index is 12.9. The lowest BCUT2D eigenvalue weighted by molar-refractivity contribution is -0.167. The average molecular weight is 1120 g/mol. The largest absolute Gasteiger partial charge is 0.462 e. The minimum Gasteiger partial charge on any atom is -0.462 e. The molecule has 0 saturated carbocycles. The van der Waals surface area contributed by atoms with Gasteiger partial charge >= 0.3 is 17.9 Å². The van der Waals surface area contributed by atoms with Crippen molar-refractivity contribution in [2.75, 3.05) is 13.2 Å². The molecule has 81 heavy (non-hydrogen) atoms. The van der Waals surface area contributed by atoms with Gasteiger partial charge in [0, 0.05) is 19.3 Å². The molecule has 6 nitrogen and oxygen atoms in total. The Hall–Kier alpha value is -4.71. The topological polar surface area (TPSA) is 78.9 Å². The van der Waals surface area contributed by atoms with Gasteiger partial charge in [0.2, 0.25) is 0 Å². The molecule has 0 saturated heterocycles. The monoisotopic (exact) mass is 1120 g/mol. The van der Waals surface area contributed by atoms with Crippen molar-refractivity contribution in [2.45, 2.75) is 297 Å². The Balaban J connectivity index is 4.19. The maximum absolute atomic E-state index is 12.9. The number of unbranched alkanes of at least 4 members (excludes halogenated alkanes) is 24. The number of ether oxygens (including phenoxy) is 3. The van der Waals surface area contributed by atoms with E-state index in [0.717, 1.165) is 154 Å². The van der Waals surface area contributed by atoms with Crippen molar-refractivity contribution in [1.82, 2.24) is 0 Å². The zero-order valence-electron chi connectivity index (χ0n) is 52.5. The third-order valence-corrected chi connectivity index (χ3v) is 13.8. The number of hydrogen-bond donors (Lipinski definition) is 0. The van der Waals surface area contributed by atoms with Crippen molar-refractivity contribution in [3.63, 3.8) is 0 Å². The van der Waals surface area contributed by atoms with Crippen molar-refractivity contribution < 1.29 is 28.6 Å². The van der Waals surface area contributed by atoms with E-state index in [2.05, 4.69) is 167 Å². The highest BCUT2D eigenvalue weighted by Crippen LogP contribution is 2.15. The van der Waals surface area contributed by atoms with Gasteiger partial charge in [-0.1, -0.05) is 295 Å². The van der Waals surface area contributed by atoms with Crippen LogP contribution in [-0.2, 0) is 28.6 Å². The molecule has 0 amide bonds. The number of hydrogen-bond acceptors (Lipinski definition) is 6. The molecule has 0 rings (SSSR count). The van der Waals surface area contributed by atoms with E-state index in [1.165, 1.54) is 96.3 Å². The summed E-state index contributed by atoms with van der Waals surface area (Å²) in [7, 11) is 0. The van der Waals surface area contributed by atoms with Crippen LogP contribution in [0.3, 0.4) is 0 Å². The van der Waals surface area contributed by atoms with Crippen LogP contribution in [-0.4, -0.2) is 37.2 Å². The van der Waals surface area contributed by atoms with Gasteiger partial charge in [-0.3, -0.25) is 14.4 Å². The van der Waals surface area contributed by atoms with E-state index in [-0.39, 0.29) is 31.1 Å². The summed E-state index contributed by atoms with van der Waals surface area (Å²) in [5, 5.41) is 0. The van der Waals surface area contributed by atoms with E-state index >= 15 is 0 Å². The maximum Gasteiger partial charge on any atom is 0.306 e. The van der Waals surface area contributed by atoms with Gasteiger partial charge in [-0.15, -0.1) is 0 Å². The SMILES string of the molecule is CC/C=C\C/C=C\C/C=C\C/C=C\C/C=C\C/C=C\C/C=C\C/C=C\CCCCCCCCCCCCC(=O)OCC(COC(=O)CCCCCCCCCCC)OC(=O)CCCCCCCC/C=C\C/C=C\C/C=C\C/C=C\CC. The van der Waals surface area contributed by atoms with Crippen molar-refractivity contribution in [3.05, 3.63) is 146 Å². The highest BCUT2D eigenvalue weighted by Gasteiger charge is 2.19. The first-order valence-corrected chi connectivity index (χ1v) is 33.3. The summed E-state index contributed by atoms with van der Waals surface area (Å²) in [6.07, 6.45) is 97.3. The Bertz CT molecular complexity index is 1760. The fourth-order valence-corrected chi connectivity index (χ4v) is 8.92. The van der Waals surface area contributed by atoms with Gasteiger partial charge in [0.25, 0.3) is 0 Å². The van der Waals surface area contributed by atoms with Gasteiger partial charge in [0.15, 0.2) is 6.10 Å². The van der Waals surface area contributed by atoms with Gasteiger partial charge in [-0.2, -0.15) is 0 Å². The molecule has 0 bridgehead atoms. The zero-order valence-corrected chi connectivity index (χ0v) is 52.5. The smallest absolute Gasteiger partial charge is 0.306 e. The molecule has 1 atom stereocenters. The molecular formula is C75H122O6. The fraction of sp³-hybridized carbons (Fsp3) is 0.640. The van der Waals surface area contributed by atoms with Crippen LogP contribution in [0.25, 0.3) is 0 Å². The second-order valence-electron chi connectivity index (χ2n) is 21.6. The summed E-state index contributed by atoms with van der Waals surface area (Å²) in [5.74, 6) is -0.906. The van der Waals surface area contributed by atoms with E-state index in [0.29, 0.717) is 19.3 Å². The predicted molar refractivity (Wildman–Crippen MR) is 352 cm³/mol. The van der Waals surface area contributed by atoms with Gasteiger partial charge in [0.05, 0.1) is 0 Å². The lowest BCUT2D eigenvalue weighted by Gasteiger charge is -2.18. The summed E-state index contributed by atoms with van der Waals surface area (Å²) >= 11 is 0. The normalized spacial score (nSPS) is 13.1. The third-order valence-electron chi connectivity index (χ3n) is 13.8. The van der Waals surface area contributed by atoms with Crippen LogP contribution in [0.2, 0.25) is 0 Å². The highest BCUT2D eigenvalue weighted by molar-refractivity contribution is 5.71. The lowest BCUT2D eigenvalue weighted by Crippen LogP contribution is -2.30. The third kappa shape index (κ3) is 66.0. The zero-order chi connectivity index (χ0) is 58.5. The molecule has 0 aliphatic carbocycles. The first kappa shape index (κ1) is 76.3. The van der Waals surface area contributed by atoms with Gasteiger partial charge in [-0.25, -0.2) is 0 Å². The van der Waals surface area contributed by atoms with Crippen LogP contribution < -0.4 is 0 Å². The second-order valence-corrected chi connectivity index (χ2v) is 21.6. The minimum atomic E-state index is -0.790. The molecule has 0 N–H and O–H groups in total. The van der Waals surface area contributed by atoms with Crippen molar-refractivity contribution in [2.24, 2.45) is 0 Å². The molecule has 0 aliphatic heterocycles. The van der Waals surface area contributed by atoms with Crippen LogP contribution >= 0.6 is 0 Å². The number of allylic oxidation sites excluding steroid dienone is 24. The molecule has 0 aromatic carbocycles. The minimum absolute atomic E-state index is 0.0866. The Morgan fingerprint density at radius 3 is 0.753 bits per heavy atom. The highest BCUT2D eigenvalue weighted by atomic mass is 16.6. The van der Waals surface area contributed by atoms with E-state index < -0.39 is 6.10 Å². The van der Waals surface area contributed by atoms with Crippen molar-refractivity contribution >= 4 is 17.9 Å². The van der Waals surface area contributed by atoms with E-state index in [1.807, 2.05) is 0 Å². The molecule has 1 unspecified atom stereocenters. The van der Waals surface area contributed by atoms with Crippen molar-refractivity contribution in [1.29, 1.82) is 0 Å². The Labute approximate surface area is 499 Å². The fourth-order valence-electron chi connectivity index (χ4n) is 8.92. The number of rotatable bonds is 59. The number of esters is 3. The van der Waals surface area contributed by atoms with E-state index in [4.69, 9.17) is 14.2 Å².